The van der Waals surface area contributed by atoms with Crippen LogP contribution in [0.1, 0.15) is 290 Å². The molecule has 5 heteroatoms. The van der Waals surface area contributed by atoms with Crippen LogP contribution in [0.4, 0.5) is 0 Å². The smallest absolute Gasteiger partial charge is 0.306 e. The molecule has 1 unspecified atom stereocenters. The first-order valence-corrected chi connectivity index (χ1v) is 28.3. The summed E-state index contributed by atoms with van der Waals surface area (Å²) in [5.41, 5.74) is 0. The Hall–Kier alpha value is -2.40. The Morgan fingerprint density at radius 1 is 0.369 bits per heavy atom. The first-order valence-electron chi connectivity index (χ1n) is 28.3. The Bertz CT molecular complexity index is 1120. The number of esters is 2. The topological polar surface area (TPSA) is 72.8 Å². The molecule has 0 aromatic heterocycles. The molecule has 0 bridgehead atoms. The molecule has 1 N–H and O–H groups in total. The van der Waals surface area contributed by atoms with Gasteiger partial charge in [-0.2, -0.15) is 0 Å². The van der Waals surface area contributed by atoms with Crippen LogP contribution in [-0.4, -0.2) is 36.4 Å². The highest BCUT2D eigenvalue weighted by Crippen LogP contribution is 2.17. The molecular weight excluding hydrogens is 801 g/mol. The van der Waals surface area contributed by atoms with E-state index >= 15 is 0 Å². The molecule has 1 atom stereocenters. The Morgan fingerprint density at radius 3 is 0.985 bits per heavy atom. The van der Waals surface area contributed by atoms with Crippen LogP contribution in [0, 0.1) is 0 Å². The number of rotatable bonds is 52. The molecule has 0 saturated heterocycles. The van der Waals surface area contributed by atoms with E-state index in [2.05, 4.69) is 74.6 Å². The summed E-state index contributed by atoms with van der Waals surface area (Å²) in [7, 11) is 0. The lowest BCUT2D eigenvalue weighted by Gasteiger charge is -2.15. The normalized spacial score (nSPS) is 12.6. The largest absolute Gasteiger partial charge is 0.462 e. The van der Waals surface area contributed by atoms with Crippen LogP contribution < -0.4 is 0 Å². The van der Waals surface area contributed by atoms with E-state index in [0.717, 1.165) is 57.8 Å². The fourth-order valence-corrected chi connectivity index (χ4v) is 8.36. The number of allylic oxidation sites excluding steroid dienone is 10. The first-order chi connectivity index (χ1) is 32.1. The van der Waals surface area contributed by atoms with E-state index in [0.29, 0.717) is 12.8 Å². The van der Waals surface area contributed by atoms with Crippen LogP contribution in [0.2, 0.25) is 0 Å². The van der Waals surface area contributed by atoms with E-state index in [1.54, 1.807) is 0 Å². The Balaban J connectivity index is 3.43. The molecule has 0 aromatic rings. The molecule has 0 heterocycles. The van der Waals surface area contributed by atoms with Crippen molar-refractivity contribution >= 4 is 11.9 Å². The van der Waals surface area contributed by atoms with Crippen LogP contribution >= 0.6 is 0 Å². The summed E-state index contributed by atoms with van der Waals surface area (Å²) in [6.07, 6.45) is 75.1. The van der Waals surface area contributed by atoms with Gasteiger partial charge in [-0.1, -0.05) is 286 Å². The second-order valence-electron chi connectivity index (χ2n) is 19.0. The van der Waals surface area contributed by atoms with E-state index in [1.807, 2.05) is 0 Å². The first kappa shape index (κ1) is 62.6. The lowest BCUT2D eigenvalue weighted by molar-refractivity contribution is -0.161. The summed E-state index contributed by atoms with van der Waals surface area (Å²) in [6.45, 7) is 4.01. The number of hydrogen-bond donors (Lipinski definition) is 1. The zero-order valence-electron chi connectivity index (χ0n) is 43.3. The van der Waals surface area contributed by atoms with Gasteiger partial charge in [0.15, 0.2) is 6.10 Å². The van der Waals surface area contributed by atoms with Crippen molar-refractivity contribution in [3.05, 3.63) is 60.8 Å². The van der Waals surface area contributed by atoms with Gasteiger partial charge in [-0.3, -0.25) is 9.59 Å². The van der Waals surface area contributed by atoms with Gasteiger partial charge in [0.05, 0.1) is 6.61 Å². The van der Waals surface area contributed by atoms with Crippen molar-refractivity contribution in [1.82, 2.24) is 0 Å². The molecule has 0 spiro atoms. The van der Waals surface area contributed by atoms with Crippen molar-refractivity contribution in [3.63, 3.8) is 0 Å². The average molecular weight is 910 g/mol. The fraction of sp³-hybridized carbons (Fsp3) is 0.800. The molecule has 0 radical (unpaired) electrons. The van der Waals surface area contributed by atoms with Crippen molar-refractivity contribution in [2.45, 2.75) is 296 Å². The van der Waals surface area contributed by atoms with E-state index < -0.39 is 6.10 Å². The third kappa shape index (κ3) is 54.1. The lowest BCUT2D eigenvalue weighted by atomic mass is 10.0. The highest BCUT2D eigenvalue weighted by molar-refractivity contribution is 5.70. The lowest BCUT2D eigenvalue weighted by Crippen LogP contribution is -2.28. The van der Waals surface area contributed by atoms with Crippen molar-refractivity contribution in [1.29, 1.82) is 0 Å². The highest BCUT2D eigenvalue weighted by atomic mass is 16.6. The second-order valence-corrected chi connectivity index (χ2v) is 19.0. The molecule has 0 rings (SSSR count). The van der Waals surface area contributed by atoms with E-state index in [1.165, 1.54) is 199 Å². The Kier molecular flexibility index (Phi) is 53.9. The number of aliphatic hydroxyl groups is 1. The number of carbonyl (C=O) groups excluding carboxylic acids is 2. The van der Waals surface area contributed by atoms with Crippen LogP contribution in [0.25, 0.3) is 0 Å². The Morgan fingerprint density at radius 2 is 0.662 bits per heavy atom. The third-order valence-electron chi connectivity index (χ3n) is 12.6. The quantitative estimate of drug-likeness (QED) is 0.0374. The summed E-state index contributed by atoms with van der Waals surface area (Å²) >= 11 is 0. The van der Waals surface area contributed by atoms with Gasteiger partial charge >= 0.3 is 11.9 Å². The monoisotopic (exact) mass is 909 g/mol. The number of hydrogen-bond acceptors (Lipinski definition) is 5. The van der Waals surface area contributed by atoms with Crippen LogP contribution in [0.15, 0.2) is 60.8 Å². The van der Waals surface area contributed by atoms with Crippen LogP contribution in [0.5, 0.6) is 0 Å². The van der Waals surface area contributed by atoms with Crippen molar-refractivity contribution < 1.29 is 24.2 Å². The Labute approximate surface area is 404 Å². The zero-order valence-corrected chi connectivity index (χ0v) is 43.3. The van der Waals surface area contributed by atoms with Gasteiger partial charge < -0.3 is 14.6 Å². The summed E-state index contributed by atoms with van der Waals surface area (Å²) in [6, 6.07) is 0. The van der Waals surface area contributed by atoms with E-state index in [9.17, 15) is 14.7 Å². The molecule has 0 aliphatic heterocycles. The van der Waals surface area contributed by atoms with Gasteiger partial charge in [-0.15, -0.1) is 0 Å². The second kappa shape index (κ2) is 55.9. The minimum Gasteiger partial charge on any atom is -0.462 e. The maximum Gasteiger partial charge on any atom is 0.306 e. The molecule has 378 valence electrons. The summed E-state index contributed by atoms with van der Waals surface area (Å²) in [5.74, 6) is -0.650. The molecule has 0 fully saturated rings. The predicted molar refractivity (Wildman–Crippen MR) is 284 cm³/mol. The maximum absolute atomic E-state index is 12.2. The minimum atomic E-state index is -0.803. The molecule has 0 saturated carbocycles. The van der Waals surface area contributed by atoms with Gasteiger partial charge in [-0.05, 0) is 51.4 Å². The molecular formula is C60H108O5. The average Bonchev–Trinajstić information content (AvgIpc) is 3.31. The fourth-order valence-electron chi connectivity index (χ4n) is 8.36. The molecule has 0 aliphatic carbocycles. The van der Waals surface area contributed by atoms with Crippen LogP contribution in [0.3, 0.4) is 0 Å². The van der Waals surface area contributed by atoms with Gasteiger partial charge in [0.25, 0.3) is 0 Å². The standard InChI is InChI=1S/C60H108O5/c1-3-5-7-9-11-13-15-17-19-21-22-23-24-25-26-27-28-29-30-31-32-33-34-35-36-37-39-40-42-44-46-48-50-52-54-59(62)64-57-58(56-61)65-60(63)55-53-51-49-47-45-43-41-38-20-18-16-14-12-10-8-6-4-2/h6,8,12,14,18,20,41,43,47,49,58,61H,3-5,7,9-11,13,15-17,19,21-40,42,44-46,48,50-57H2,1-2H3/b8-6-,14-12-,20-18-,43-41-,49-47-. The van der Waals surface area contributed by atoms with Gasteiger partial charge in [0, 0.05) is 12.8 Å². The zero-order chi connectivity index (χ0) is 47.0. The molecule has 0 aliphatic rings. The highest BCUT2D eigenvalue weighted by Gasteiger charge is 2.16. The number of ether oxygens (including phenoxy) is 2. The molecule has 0 aromatic carbocycles. The van der Waals surface area contributed by atoms with Gasteiger partial charge in [-0.25, -0.2) is 0 Å². The van der Waals surface area contributed by atoms with Gasteiger partial charge in [0.2, 0.25) is 0 Å². The number of aliphatic hydroxyl groups excluding tert-OH is 1. The maximum atomic E-state index is 12.2. The van der Waals surface area contributed by atoms with Crippen LogP contribution in [-0.2, 0) is 19.1 Å². The molecule has 5 nitrogen and oxygen atoms in total. The number of carbonyl (C=O) groups is 2. The molecule has 65 heavy (non-hydrogen) atoms. The summed E-state index contributed by atoms with van der Waals surface area (Å²) in [4.78, 5) is 24.4. The van der Waals surface area contributed by atoms with E-state index in [4.69, 9.17) is 9.47 Å². The molecule has 0 amide bonds. The minimum absolute atomic E-state index is 0.0878. The SMILES string of the molecule is CC/C=C\C/C=C\C/C=C\C/C=C\C/C=C\CCCC(=O)OC(CO)COC(=O)CCCCCCCCCCCCCCCCCCCCCCCCCCCCCCCCCCCC. The summed E-state index contributed by atoms with van der Waals surface area (Å²) < 4.78 is 10.6. The predicted octanol–water partition coefficient (Wildman–Crippen LogP) is 19.0. The van der Waals surface area contributed by atoms with Crippen molar-refractivity contribution in [2.75, 3.05) is 13.2 Å². The summed E-state index contributed by atoms with van der Waals surface area (Å²) in [5, 5.41) is 9.62. The van der Waals surface area contributed by atoms with Crippen molar-refractivity contribution in [2.24, 2.45) is 0 Å². The van der Waals surface area contributed by atoms with E-state index in [-0.39, 0.29) is 31.6 Å². The van der Waals surface area contributed by atoms with Crippen molar-refractivity contribution in [3.8, 4) is 0 Å². The van der Waals surface area contributed by atoms with Gasteiger partial charge in [0.1, 0.15) is 6.61 Å². The third-order valence-corrected chi connectivity index (χ3v) is 12.6. The number of unbranched alkanes of at least 4 members (excludes halogenated alkanes) is 34.